The minimum atomic E-state index is 0.165. The maximum atomic E-state index is 9.11. The zero-order valence-electron chi connectivity index (χ0n) is 9.46. The molecule has 0 fully saturated rings. The van der Waals surface area contributed by atoms with Crippen LogP contribution in [0.15, 0.2) is 36.1 Å². The third-order valence-corrected chi connectivity index (χ3v) is 1.42. The van der Waals surface area contributed by atoms with Crippen molar-refractivity contribution < 1.29 is 5.11 Å². The Balaban J connectivity index is 0. The van der Waals surface area contributed by atoms with Gasteiger partial charge in [0.05, 0.1) is 0 Å². The molecule has 0 rings (SSSR count). The van der Waals surface area contributed by atoms with E-state index in [4.69, 9.17) is 5.11 Å². The van der Waals surface area contributed by atoms with E-state index >= 15 is 0 Å². The maximum absolute atomic E-state index is 9.11. The van der Waals surface area contributed by atoms with Gasteiger partial charge < -0.3 is 5.11 Å². The Morgan fingerprint density at radius 2 is 1.77 bits per heavy atom. The molecule has 0 aromatic heterocycles. The van der Waals surface area contributed by atoms with Gasteiger partial charge in [0.25, 0.3) is 0 Å². The number of rotatable bonds is 3. The van der Waals surface area contributed by atoms with Crippen molar-refractivity contribution in [1.82, 2.24) is 0 Å². The van der Waals surface area contributed by atoms with Crippen LogP contribution in [0.4, 0.5) is 0 Å². The van der Waals surface area contributed by atoms with Gasteiger partial charge in [0.2, 0.25) is 0 Å². The van der Waals surface area contributed by atoms with Crippen molar-refractivity contribution in [2.75, 3.05) is 0 Å². The lowest BCUT2D eigenvalue weighted by atomic mass is 10.0. The third kappa shape index (κ3) is 7.38. The predicted molar refractivity (Wildman–Crippen MR) is 60.9 cm³/mol. The van der Waals surface area contributed by atoms with Crippen LogP contribution in [0, 0.1) is 5.92 Å². The van der Waals surface area contributed by atoms with Crippen LogP contribution in [-0.2, 0) is 0 Å². The second-order valence-corrected chi connectivity index (χ2v) is 2.75. The molecule has 0 unspecified atom stereocenters. The first-order valence-electron chi connectivity index (χ1n) is 4.80. The minimum Gasteiger partial charge on any atom is -0.508 e. The van der Waals surface area contributed by atoms with Crippen molar-refractivity contribution in [3.8, 4) is 0 Å². The van der Waals surface area contributed by atoms with Gasteiger partial charge in [-0.05, 0) is 18.4 Å². The van der Waals surface area contributed by atoms with E-state index < -0.39 is 0 Å². The first-order chi connectivity index (χ1) is 6.09. The number of aliphatic hydroxyl groups excluding tert-OH is 1. The minimum absolute atomic E-state index is 0.165. The molecule has 76 valence electrons. The summed E-state index contributed by atoms with van der Waals surface area (Å²) in [6.45, 7) is 13.5. The van der Waals surface area contributed by atoms with Crippen molar-refractivity contribution in [2.24, 2.45) is 5.92 Å². The first-order valence-corrected chi connectivity index (χ1v) is 4.80. The Kier molecular flexibility index (Phi) is 10.2. The van der Waals surface area contributed by atoms with Crippen LogP contribution < -0.4 is 0 Å². The largest absolute Gasteiger partial charge is 0.508 e. The zero-order chi connectivity index (χ0) is 10.9. The van der Waals surface area contributed by atoms with Crippen LogP contribution in [0.2, 0.25) is 0 Å². The van der Waals surface area contributed by atoms with Crippen LogP contribution >= 0.6 is 0 Å². The molecular weight excluding hydrogens is 160 g/mol. The van der Waals surface area contributed by atoms with E-state index in [2.05, 4.69) is 6.58 Å². The average molecular weight is 182 g/mol. The molecule has 0 aromatic rings. The molecule has 1 nitrogen and oxygen atoms in total. The van der Waals surface area contributed by atoms with Crippen LogP contribution in [-0.4, -0.2) is 5.11 Å². The molecule has 0 aromatic carbocycles. The maximum Gasteiger partial charge on any atom is 0.111 e. The summed E-state index contributed by atoms with van der Waals surface area (Å²) in [4.78, 5) is 0. The number of aliphatic hydroxyl groups is 1. The summed E-state index contributed by atoms with van der Waals surface area (Å²) < 4.78 is 0. The Hall–Kier alpha value is -0.980. The highest BCUT2D eigenvalue weighted by atomic mass is 16.3. The fourth-order valence-electron chi connectivity index (χ4n) is 0.822. The second-order valence-electron chi connectivity index (χ2n) is 2.75. The van der Waals surface area contributed by atoms with Crippen molar-refractivity contribution >= 4 is 0 Å². The molecule has 0 radical (unpaired) electrons. The molecule has 0 saturated heterocycles. The molecule has 0 saturated carbocycles. The molecule has 0 aliphatic heterocycles. The average Bonchev–Trinajstić information content (AvgIpc) is 2.07. The third-order valence-electron chi connectivity index (χ3n) is 1.42. The quantitative estimate of drug-likeness (QED) is 0.511. The lowest BCUT2D eigenvalue weighted by Crippen LogP contribution is -1.95. The molecular formula is C12H22O. The van der Waals surface area contributed by atoms with Gasteiger partial charge in [-0.25, -0.2) is 0 Å². The van der Waals surface area contributed by atoms with E-state index in [1.807, 2.05) is 52.8 Å². The molecule has 0 aliphatic carbocycles. The van der Waals surface area contributed by atoms with Gasteiger partial charge in [0.15, 0.2) is 0 Å². The van der Waals surface area contributed by atoms with Gasteiger partial charge in [0.1, 0.15) is 5.76 Å². The fourth-order valence-corrected chi connectivity index (χ4v) is 0.822. The second kappa shape index (κ2) is 9.11. The summed E-state index contributed by atoms with van der Waals surface area (Å²) in [7, 11) is 0. The first kappa shape index (κ1) is 14.5. The smallest absolute Gasteiger partial charge is 0.111 e. The fraction of sp³-hybridized carbons (Fsp3) is 0.500. The van der Waals surface area contributed by atoms with E-state index in [1.165, 1.54) is 0 Å². The van der Waals surface area contributed by atoms with Gasteiger partial charge >= 0.3 is 0 Å². The summed E-state index contributed by atoms with van der Waals surface area (Å²) >= 11 is 0. The summed E-state index contributed by atoms with van der Waals surface area (Å²) in [5.74, 6) is 0.488. The van der Waals surface area contributed by atoms with Gasteiger partial charge in [-0.15, -0.1) is 0 Å². The highest BCUT2D eigenvalue weighted by Gasteiger charge is 2.03. The Morgan fingerprint density at radius 3 is 2.00 bits per heavy atom. The van der Waals surface area contributed by atoms with E-state index in [9.17, 15) is 0 Å². The van der Waals surface area contributed by atoms with Crippen LogP contribution in [0.5, 0.6) is 0 Å². The van der Waals surface area contributed by atoms with Gasteiger partial charge in [-0.1, -0.05) is 52.5 Å². The number of hydrogen-bond acceptors (Lipinski definition) is 1. The van der Waals surface area contributed by atoms with E-state index in [0.717, 1.165) is 5.57 Å². The molecule has 1 heteroatoms. The van der Waals surface area contributed by atoms with Crippen molar-refractivity contribution in [1.29, 1.82) is 0 Å². The number of allylic oxidation sites excluding steroid dienone is 4. The van der Waals surface area contributed by atoms with E-state index in [-0.39, 0.29) is 5.76 Å². The summed E-state index contributed by atoms with van der Waals surface area (Å²) in [6, 6.07) is 0. The van der Waals surface area contributed by atoms with E-state index in [1.54, 1.807) is 0 Å². The lowest BCUT2D eigenvalue weighted by molar-refractivity contribution is 0.413. The summed E-state index contributed by atoms with van der Waals surface area (Å²) in [5, 5.41) is 9.11. The highest BCUT2D eigenvalue weighted by Crippen LogP contribution is 2.15. The Labute approximate surface area is 82.5 Å². The molecule has 13 heavy (non-hydrogen) atoms. The molecule has 0 spiro atoms. The lowest BCUT2D eigenvalue weighted by Gasteiger charge is -2.07. The molecule has 0 bridgehead atoms. The van der Waals surface area contributed by atoms with E-state index in [0.29, 0.717) is 5.92 Å². The molecule has 0 atom stereocenters. The molecule has 0 amide bonds. The normalized spacial score (nSPS) is 11.4. The van der Waals surface area contributed by atoms with Crippen LogP contribution in [0.1, 0.15) is 34.6 Å². The summed E-state index contributed by atoms with van der Waals surface area (Å²) in [5.41, 5.74) is 0.892. The Bertz CT molecular complexity index is 185. The van der Waals surface area contributed by atoms with Gasteiger partial charge in [-0.2, -0.15) is 0 Å². The topological polar surface area (TPSA) is 20.2 Å². The molecule has 1 N–H and O–H groups in total. The SMILES string of the molecule is C=C(O)/C(=C\C=C/C)C(C)C.CC. The van der Waals surface area contributed by atoms with Crippen molar-refractivity contribution in [2.45, 2.75) is 34.6 Å². The van der Waals surface area contributed by atoms with Gasteiger partial charge in [0, 0.05) is 0 Å². The van der Waals surface area contributed by atoms with Crippen LogP contribution in [0.25, 0.3) is 0 Å². The monoisotopic (exact) mass is 182 g/mol. The molecule has 0 aliphatic rings. The van der Waals surface area contributed by atoms with Gasteiger partial charge in [-0.3, -0.25) is 0 Å². The number of hydrogen-bond donors (Lipinski definition) is 1. The Morgan fingerprint density at radius 1 is 1.31 bits per heavy atom. The standard InChI is InChI=1S/C10H16O.C2H6/c1-5-6-7-10(8(2)3)9(4)11;1-2/h5-8,11H,4H2,1-3H3;1-2H3/b6-5-,10-7-;. The highest BCUT2D eigenvalue weighted by molar-refractivity contribution is 5.27. The summed E-state index contributed by atoms with van der Waals surface area (Å²) in [6.07, 6.45) is 5.70. The predicted octanol–water partition coefficient (Wildman–Crippen LogP) is 4.24. The van der Waals surface area contributed by atoms with Crippen molar-refractivity contribution in [3.63, 3.8) is 0 Å². The molecule has 0 heterocycles. The zero-order valence-corrected chi connectivity index (χ0v) is 9.46. The van der Waals surface area contributed by atoms with Crippen LogP contribution in [0.3, 0.4) is 0 Å². The van der Waals surface area contributed by atoms with Crippen molar-refractivity contribution in [3.05, 3.63) is 36.1 Å².